The van der Waals surface area contributed by atoms with Crippen LogP contribution in [0.1, 0.15) is 24.1 Å². The first kappa shape index (κ1) is 22.9. The number of phenolic OH excluding ortho intramolecular Hbond substituents is 1. The van der Waals surface area contributed by atoms with Crippen LogP contribution in [0.3, 0.4) is 0 Å². The number of nitrogens with zero attached hydrogens (tertiary/aromatic N) is 2. The fourth-order valence-electron chi connectivity index (χ4n) is 4.08. The number of ether oxygens (including phenoxy) is 1. The minimum atomic E-state index is -1.01. The zero-order chi connectivity index (χ0) is 24.7. The topological polar surface area (TPSA) is 100.0 Å². The molecular formula is C26H19ClN2O5S. The summed E-state index contributed by atoms with van der Waals surface area (Å²) in [4.78, 5) is 32.4. The number of carbonyl (C=O) groups excluding carboxylic acids is 2. The number of Topliss-reactive ketones (excluding diaryl/α,β-unsaturated/α-hetero) is 1. The van der Waals surface area contributed by atoms with Crippen LogP contribution in [0.4, 0.5) is 5.13 Å². The SMILES string of the molecule is CCOc1cccc(/C(O)=C2\C(=O)C(=O)N(c3nc4ccc(Cl)cc4s3)C2c2cccc(O)c2)c1. The van der Waals surface area contributed by atoms with Crippen LogP contribution < -0.4 is 9.64 Å². The number of halogens is 1. The van der Waals surface area contributed by atoms with Gasteiger partial charge in [-0.15, -0.1) is 0 Å². The first-order chi connectivity index (χ1) is 16.9. The number of ketones is 1. The van der Waals surface area contributed by atoms with E-state index in [9.17, 15) is 19.8 Å². The number of rotatable bonds is 5. The summed E-state index contributed by atoms with van der Waals surface area (Å²) in [5.41, 5.74) is 1.29. The lowest BCUT2D eigenvalue weighted by molar-refractivity contribution is -0.132. The van der Waals surface area contributed by atoms with Crippen molar-refractivity contribution in [3.8, 4) is 11.5 Å². The van der Waals surface area contributed by atoms with Gasteiger partial charge in [-0.1, -0.05) is 47.2 Å². The third kappa shape index (κ3) is 4.11. The van der Waals surface area contributed by atoms with Gasteiger partial charge in [0.1, 0.15) is 17.3 Å². The summed E-state index contributed by atoms with van der Waals surface area (Å²) in [7, 11) is 0. The molecule has 0 bridgehead atoms. The number of hydrogen-bond donors (Lipinski definition) is 2. The molecule has 1 amide bonds. The number of benzene rings is 3. The molecule has 1 unspecified atom stereocenters. The van der Waals surface area contributed by atoms with E-state index in [1.54, 1.807) is 54.6 Å². The normalized spacial score (nSPS) is 17.3. The summed E-state index contributed by atoms with van der Waals surface area (Å²) in [6, 6.07) is 17.0. The quantitative estimate of drug-likeness (QED) is 0.205. The number of aromatic nitrogens is 1. The monoisotopic (exact) mass is 506 g/mol. The Kier molecular flexibility index (Phi) is 5.92. The standard InChI is InChI=1S/C26H19ClN2O5S/c1-2-34-18-8-4-6-15(12-18)23(31)21-22(14-5-3-7-17(30)11-14)29(25(33)24(21)32)26-28-19-10-9-16(27)13-20(19)35-26/h3-13,22,30-31H,2H2,1H3/b23-21+. The van der Waals surface area contributed by atoms with Crippen LogP contribution in [0, 0.1) is 0 Å². The lowest BCUT2D eigenvalue weighted by atomic mass is 9.95. The molecule has 1 aromatic heterocycles. The van der Waals surface area contributed by atoms with E-state index in [1.165, 1.54) is 28.4 Å². The van der Waals surface area contributed by atoms with E-state index < -0.39 is 17.7 Å². The van der Waals surface area contributed by atoms with Crippen LogP contribution in [0.2, 0.25) is 5.02 Å². The highest BCUT2D eigenvalue weighted by molar-refractivity contribution is 7.22. The summed E-state index contributed by atoms with van der Waals surface area (Å²) in [6.45, 7) is 2.27. The number of fused-ring (bicyclic) bond motifs is 1. The van der Waals surface area contributed by atoms with Crippen molar-refractivity contribution in [2.45, 2.75) is 13.0 Å². The highest BCUT2D eigenvalue weighted by Crippen LogP contribution is 2.45. The molecule has 35 heavy (non-hydrogen) atoms. The number of anilines is 1. The average molecular weight is 507 g/mol. The minimum absolute atomic E-state index is 0.0393. The predicted molar refractivity (Wildman–Crippen MR) is 135 cm³/mol. The Bertz CT molecular complexity index is 1510. The van der Waals surface area contributed by atoms with Crippen LogP contribution in [0.5, 0.6) is 11.5 Å². The van der Waals surface area contributed by atoms with Crippen LogP contribution in [0.25, 0.3) is 16.0 Å². The number of aliphatic hydroxyl groups excluding tert-OH is 1. The van der Waals surface area contributed by atoms with Gasteiger partial charge >= 0.3 is 5.91 Å². The number of thiazole rings is 1. The highest BCUT2D eigenvalue weighted by Gasteiger charge is 2.48. The number of hydrogen-bond acceptors (Lipinski definition) is 7. The summed E-state index contributed by atoms with van der Waals surface area (Å²) in [5.74, 6) is -1.55. The average Bonchev–Trinajstić information content (AvgIpc) is 3.37. The van der Waals surface area contributed by atoms with Gasteiger partial charge in [0.05, 0.1) is 28.4 Å². The van der Waals surface area contributed by atoms with Crippen molar-refractivity contribution < 1.29 is 24.5 Å². The van der Waals surface area contributed by atoms with E-state index in [1.807, 2.05) is 6.92 Å². The molecule has 0 saturated carbocycles. The maximum atomic E-state index is 13.3. The Labute approximate surface area is 209 Å². The highest BCUT2D eigenvalue weighted by atomic mass is 35.5. The maximum Gasteiger partial charge on any atom is 0.301 e. The summed E-state index contributed by atoms with van der Waals surface area (Å²) in [6.07, 6.45) is 0. The molecule has 2 N–H and O–H groups in total. The van der Waals surface area contributed by atoms with Crippen LogP contribution in [-0.4, -0.2) is 33.5 Å². The molecule has 7 nitrogen and oxygen atoms in total. The number of amides is 1. The summed E-state index contributed by atoms with van der Waals surface area (Å²) >= 11 is 7.32. The molecule has 4 aromatic rings. The summed E-state index contributed by atoms with van der Waals surface area (Å²) < 4.78 is 6.26. The van der Waals surface area contributed by atoms with Crippen molar-refractivity contribution in [2.24, 2.45) is 0 Å². The molecule has 3 aromatic carbocycles. The molecule has 9 heteroatoms. The molecule has 1 saturated heterocycles. The Morgan fingerprint density at radius 2 is 1.91 bits per heavy atom. The van der Waals surface area contributed by atoms with E-state index in [0.717, 1.165) is 4.70 Å². The lowest BCUT2D eigenvalue weighted by Crippen LogP contribution is -2.29. The van der Waals surface area contributed by atoms with Crippen molar-refractivity contribution in [2.75, 3.05) is 11.5 Å². The van der Waals surface area contributed by atoms with E-state index in [0.29, 0.717) is 34.0 Å². The Balaban J connectivity index is 1.72. The summed E-state index contributed by atoms with van der Waals surface area (Å²) in [5, 5.41) is 22.2. The fraction of sp³-hybridized carbons (Fsp3) is 0.115. The van der Waals surface area contributed by atoms with E-state index in [4.69, 9.17) is 16.3 Å². The first-order valence-electron chi connectivity index (χ1n) is 10.8. The van der Waals surface area contributed by atoms with Gasteiger partial charge in [0.15, 0.2) is 5.13 Å². The second-order valence-electron chi connectivity index (χ2n) is 7.83. The molecular weight excluding hydrogens is 488 g/mol. The Morgan fingerprint density at radius 3 is 2.69 bits per heavy atom. The van der Waals surface area contributed by atoms with Crippen LogP contribution in [-0.2, 0) is 9.59 Å². The van der Waals surface area contributed by atoms with Crippen molar-refractivity contribution >= 4 is 55.7 Å². The van der Waals surface area contributed by atoms with Crippen LogP contribution >= 0.6 is 22.9 Å². The van der Waals surface area contributed by atoms with Crippen molar-refractivity contribution in [3.63, 3.8) is 0 Å². The molecule has 1 aliphatic rings. The zero-order valence-electron chi connectivity index (χ0n) is 18.4. The zero-order valence-corrected chi connectivity index (χ0v) is 20.0. The first-order valence-corrected chi connectivity index (χ1v) is 12.0. The fourth-order valence-corrected chi connectivity index (χ4v) is 5.35. The van der Waals surface area contributed by atoms with E-state index >= 15 is 0 Å². The predicted octanol–water partition coefficient (Wildman–Crippen LogP) is 5.68. The minimum Gasteiger partial charge on any atom is -0.508 e. The second-order valence-corrected chi connectivity index (χ2v) is 9.28. The molecule has 0 radical (unpaired) electrons. The van der Waals surface area contributed by atoms with Gasteiger partial charge in [0, 0.05) is 10.6 Å². The van der Waals surface area contributed by atoms with Crippen molar-refractivity contribution in [1.29, 1.82) is 0 Å². The molecule has 2 heterocycles. The van der Waals surface area contributed by atoms with Gasteiger partial charge in [0.25, 0.3) is 5.78 Å². The molecule has 5 rings (SSSR count). The number of aromatic hydroxyl groups is 1. The third-order valence-corrected chi connectivity index (χ3v) is 6.85. The number of aliphatic hydroxyl groups is 1. The maximum absolute atomic E-state index is 13.3. The largest absolute Gasteiger partial charge is 0.508 e. The van der Waals surface area contributed by atoms with Crippen LogP contribution in [0.15, 0.2) is 72.3 Å². The molecule has 176 valence electrons. The van der Waals surface area contributed by atoms with Gasteiger partial charge < -0.3 is 14.9 Å². The van der Waals surface area contributed by atoms with E-state index in [2.05, 4.69) is 4.98 Å². The molecule has 1 aliphatic heterocycles. The number of phenols is 1. The smallest absolute Gasteiger partial charge is 0.301 e. The van der Waals surface area contributed by atoms with Gasteiger partial charge in [0.2, 0.25) is 0 Å². The van der Waals surface area contributed by atoms with Gasteiger partial charge in [-0.25, -0.2) is 4.98 Å². The lowest BCUT2D eigenvalue weighted by Gasteiger charge is -2.23. The van der Waals surface area contributed by atoms with Gasteiger partial charge in [-0.2, -0.15) is 0 Å². The van der Waals surface area contributed by atoms with Crippen molar-refractivity contribution in [3.05, 3.63) is 88.5 Å². The molecule has 1 fully saturated rings. The molecule has 1 atom stereocenters. The van der Waals surface area contributed by atoms with E-state index in [-0.39, 0.29) is 22.2 Å². The number of carbonyl (C=O) groups is 2. The molecule has 0 spiro atoms. The molecule has 0 aliphatic carbocycles. The van der Waals surface area contributed by atoms with Crippen molar-refractivity contribution in [1.82, 2.24) is 4.98 Å². The Morgan fingerprint density at radius 1 is 1.11 bits per heavy atom. The van der Waals surface area contributed by atoms with Gasteiger partial charge in [-0.05, 0) is 55.0 Å². The Hall–Kier alpha value is -3.88. The second kappa shape index (κ2) is 9.05. The third-order valence-electron chi connectivity index (χ3n) is 5.59. The van der Waals surface area contributed by atoms with Gasteiger partial charge in [-0.3, -0.25) is 14.5 Å².